The molecule has 1 N–H and O–H groups in total. The molecule has 7 heteroatoms. The fourth-order valence-electron chi connectivity index (χ4n) is 1.42. The zero-order valence-corrected chi connectivity index (χ0v) is 11.4. The average Bonchev–Trinajstić information content (AvgIpc) is 2.73. The predicted octanol–water partition coefficient (Wildman–Crippen LogP) is 0.964. The summed E-state index contributed by atoms with van der Waals surface area (Å²) in [7, 11) is -3.13. The van der Waals surface area contributed by atoms with Gasteiger partial charge in [0, 0.05) is 25.2 Å². The van der Waals surface area contributed by atoms with Crippen LogP contribution in [0.3, 0.4) is 0 Å². The van der Waals surface area contributed by atoms with E-state index in [4.69, 9.17) is 0 Å². The first-order valence-electron chi connectivity index (χ1n) is 5.53. The van der Waals surface area contributed by atoms with Crippen molar-refractivity contribution in [3.8, 4) is 0 Å². The Bertz CT molecular complexity index is 660. The summed E-state index contributed by atoms with van der Waals surface area (Å²) in [5.41, 5.74) is 0.821. The molecule has 6 nitrogen and oxygen atoms in total. The van der Waals surface area contributed by atoms with Crippen molar-refractivity contribution in [2.24, 2.45) is 0 Å². The molecule has 0 saturated carbocycles. The molecule has 0 unspecified atom stereocenters. The third-order valence-electron chi connectivity index (χ3n) is 3.01. The van der Waals surface area contributed by atoms with Gasteiger partial charge in [-0.3, -0.25) is 0 Å². The summed E-state index contributed by atoms with van der Waals surface area (Å²) in [6.07, 6.45) is 6.27. The number of nitrogens with one attached hydrogen (secondary N) is 1. The summed E-state index contributed by atoms with van der Waals surface area (Å²) in [5.74, 6) is 0.631. The van der Waals surface area contributed by atoms with Crippen molar-refractivity contribution in [1.82, 2.24) is 14.6 Å². The lowest BCUT2D eigenvalue weighted by Gasteiger charge is -2.23. The van der Waals surface area contributed by atoms with Gasteiger partial charge in [-0.2, -0.15) is 5.10 Å². The van der Waals surface area contributed by atoms with Crippen LogP contribution in [0.2, 0.25) is 0 Å². The zero-order valence-electron chi connectivity index (χ0n) is 10.6. The van der Waals surface area contributed by atoms with Gasteiger partial charge in [0.15, 0.2) is 15.7 Å². The Morgan fingerprint density at radius 3 is 2.78 bits per heavy atom. The quantitative estimate of drug-likeness (QED) is 0.894. The van der Waals surface area contributed by atoms with Crippen molar-refractivity contribution in [3.05, 3.63) is 24.7 Å². The van der Waals surface area contributed by atoms with Crippen LogP contribution in [-0.2, 0) is 9.84 Å². The van der Waals surface area contributed by atoms with E-state index in [9.17, 15) is 8.42 Å². The fourth-order valence-corrected chi connectivity index (χ4v) is 1.76. The van der Waals surface area contributed by atoms with Crippen molar-refractivity contribution >= 4 is 21.2 Å². The number of hydrogen-bond acceptors (Lipinski definition) is 5. The first-order chi connectivity index (χ1) is 8.31. The molecule has 0 bridgehead atoms. The van der Waals surface area contributed by atoms with Crippen LogP contribution in [0.4, 0.5) is 5.82 Å². The molecule has 2 heterocycles. The molecule has 98 valence electrons. The molecular weight excluding hydrogens is 252 g/mol. The topological polar surface area (TPSA) is 76.4 Å². The Kier molecular flexibility index (Phi) is 3.02. The summed E-state index contributed by atoms with van der Waals surface area (Å²) >= 11 is 0. The van der Waals surface area contributed by atoms with Crippen LogP contribution >= 0.6 is 0 Å². The largest absolute Gasteiger partial charge is 0.367 e. The Morgan fingerprint density at radius 1 is 1.39 bits per heavy atom. The number of sulfone groups is 1. The van der Waals surface area contributed by atoms with Gasteiger partial charge in [0.2, 0.25) is 0 Å². The zero-order chi connectivity index (χ0) is 13.4. The van der Waals surface area contributed by atoms with Gasteiger partial charge >= 0.3 is 0 Å². The molecule has 0 amide bonds. The first-order valence-corrected chi connectivity index (χ1v) is 7.42. The van der Waals surface area contributed by atoms with E-state index in [1.54, 1.807) is 37.0 Å². The molecule has 0 aliphatic rings. The average molecular weight is 268 g/mol. The lowest BCUT2D eigenvalue weighted by atomic mass is 10.2. The molecule has 0 fully saturated rings. The number of rotatable bonds is 4. The molecule has 2 aromatic heterocycles. The summed E-state index contributed by atoms with van der Waals surface area (Å²) in [6, 6.07) is 1.82. The predicted molar refractivity (Wildman–Crippen MR) is 70.4 cm³/mol. The van der Waals surface area contributed by atoms with E-state index in [-0.39, 0.29) is 0 Å². The maximum absolute atomic E-state index is 11.6. The second-order valence-electron chi connectivity index (χ2n) is 4.82. The maximum Gasteiger partial charge on any atom is 0.154 e. The first kappa shape index (κ1) is 12.8. The van der Waals surface area contributed by atoms with Crippen LogP contribution < -0.4 is 5.32 Å². The molecule has 0 aliphatic carbocycles. The summed E-state index contributed by atoms with van der Waals surface area (Å²) in [6.45, 7) is 3.67. The van der Waals surface area contributed by atoms with E-state index in [1.807, 2.05) is 6.07 Å². The van der Waals surface area contributed by atoms with Gasteiger partial charge in [-0.1, -0.05) is 0 Å². The highest BCUT2D eigenvalue weighted by Gasteiger charge is 2.30. The summed E-state index contributed by atoms with van der Waals surface area (Å²) in [4.78, 5) is 4.20. The van der Waals surface area contributed by atoms with Crippen molar-refractivity contribution in [2.75, 3.05) is 18.1 Å². The third-order valence-corrected chi connectivity index (χ3v) is 5.16. The highest BCUT2D eigenvalue weighted by Crippen LogP contribution is 2.18. The number of fused-ring (bicyclic) bond motifs is 1. The molecule has 0 aliphatic heterocycles. The summed E-state index contributed by atoms with van der Waals surface area (Å²) in [5, 5.41) is 7.16. The highest BCUT2D eigenvalue weighted by atomic mass is 32.2. The minimum absolute atomic E-state index is 0.295. The number of nitrogens with zero attached hydrogens (tertiary/aromatic N) is 3. The van der Waals surface area contributed by atoms with E-state index in [0.717, 1.165) is 5.52 Å². The summed E-state index contributed by atoms with van der Waals surface area (Å²) < 4.78 is 24.1. The van der Waals surface area contributed by atoms with Gasteiger partial charge in [0.1, 0.15) is 5.52 Å². The van der Waals surface area contributed by atoms with Crippen LogP contribution in [0.25, 0.3) is 5.52 Å². The minimum atomic E-state index is -3.13. The van der Waals surface area contributed by atoms with E-state index in [2.05, 4.69) is 15.4 Å². The number of aromatic nitrogens is 3. The smallest absolute Gasteiger partial charge is 0.154 e. The van der Waals surface area contributed by atoms with Crippen molar-refractivity contribution in [2.45, 2.75) is 18.6 Å². The third kappa shape index (κ3) is 2.31. The molecule has 0 radical (unpaired) electrons. The Morgan fingerprint density at radius 2 is 2.11 bits per heavy atom. The van der Waals surface area contributed by atoms with E-state index < -0.39 is 14.6 Å². The van der Waals surface area contributed by atoms with E-state index in [1.165, 1.54) is 6.26 Å². The molecule has 0 spiro atoms. The van der Waals surface area contributed by atoms with E-state index >= 15 is 0 Å². The maximum atomic E-state index is 11.6. The molecule has 0 atom stereocenters. The van der Waals surface area contributed by atoms with Gasteiger partial charge in [0.05, 0.1) is 10.9 Å². The normalized spacial score (nSPS) is 12.8. The second kappa shape index (κ2) is 4.24. The minimum Gasteiger partial charge on any atom is -0.367 e. The Hall–Kier alpha value is -1.63. The molecule has 0 saturated heterocycles. The Balaban J connectivity index is 2.23. The van der Waals surface area contributed by atoms with Gasteiger partial charge < -0.3 is 5.32 Å². The van der Waals surface area contributed by atoms with Crippen molar-refractivity contribution < 1.29 is 8.42 Å². The standard InChI is InChI=1S/C11H16N4O2S/c1-11(2,18(3,16)17)8-13-10-9-4-5-14-15(9)7-6-12-10/h4-7H,8H2,1-3H3,(H,12,13). The Labute approximate surface area is 106 Å². The molecule has 2 aromatic rings. The molecule has 2 rings (SSSR count). The second-order valence-corrected chi connectivity index (χ2v) is 7.47. The van der Waals surface area contributed by atoms with Crippen LogP contribution in [0.5, 0.6) is 0 Å². The van der Waals surface area contributed by atoms with Crippen LogP contribution in [0.15, 0.2) is 24.7 Å². The van der Waals surface area contributed by atoms with Crippen LogP contribution in [0, 0.1) is 0 Å². The number of hydrogen-bond donors (Lipinski definition) is 1. The van der Waals surface area contributed by atoms with Crippen molar-refractivity contribution in [3.63, 3.8) is 0 Å². The monoisotopic (exact) mass is 268 g/mol. The van der Waals surface area contributed by atoms with Crippen LogP contribution in [-0.4, -0.2) is 40.6 Å². The number of anilines is 1. The molecule has 18 heavy (non-hydrogen) atoms. The van der Waals surface area contributed by atoms with Gasteiger partial charge in [-0.25, -0.2) is 17.9 Å². The highest BCUT2D eigenvalue weighted by molar-refractivity contribution is 7.92. The molecule has 0 aromatic carbocycles. The van der Waals surface area contributed by atoms with Crippen molar-refractivity contribution in [1.29, 1.82) is 0 Å². The fraction of sp³-hybridized carbons (Fsp3) is 0.455. The van der Waals surface area contributed by atoms with Gasteiger partial charge in [0.25, 0.3) is 0 Å². The van der Waals surface area contributed by atoms with E-state index in [0.29, 0.717) is 12.4 Å². The molecular formula is C11H16N4O2S. The van der Waals surface area contributed by atoms with Gasteiger partial charge in [-0.05, 0) is 19.9 Å². The van der Waals surface area contributed by atoms with Gasteiger partial charge in [-0.15, -0.1) is 0 Å². The lowest BCUT2D eigenvalue weighted by molar-refractivity contribution is 0.559. The van der Waals surface area contributed by atoms with Crippen LogP contribution in [0.1, 0.15) is 13.8 Å². The SMILES string of the molecule is CC(C)(CNc1nccn2nccc12)S(C)(=O)=O. The lowest BCUT2D eigenvalue weighted by Crippen LogP contribution is -2.38.